The van der Waals surface area contributed by atoms with Crippen LogP contribution in [0.4, 0.5) is 0 Å². The predicted molar refractivity (Wildman–Crippen MR) is 88.5 cm³/mol. The van der Waals surface area contributed by atoms with Gasteiger partial charge in [0.2, 0.25) is 0 Å². The first-order chi connectivity index (χ1) is 10.4. The second-order valence-electron chi connectivity index (χ2n) is 6.52. The molecule has 116 valence electrons. The number of nitrogens with one attached hydrogen (secondary N) is 1. The standard InChI is InChI=1S/C18H29N3/c1-19-14-18(16-8-4-2-5-9-16)21-13-10-17(15-21)20-11-6-3-7-12-20/h2,4-5,8-9,17-19H,3,6-7,10-15H2,1H3. The molecule has 1 aromatic carbocycles. The van der Waals surface area contributed by atoms with Crippen LogP contribution in [0.1, 0.15) is 37.3 Å². The van der Waals surface area contributed by atoms with Gasteiger partial charge >= 0.3 is 0 Å². The number of hydrogen-bond acceptors (Lipinski definition) is 3. The molecule has 0 spiro atoms. The van der Waals surface area contributed by atoms with E-state index in [1.54, 1.807) is 0 Å². The first-order valence-corrected chi connectivity index (χ1v) is 8.56. The largest absolute Gasteiger partial charge is 0.318 e. The molecule has 0 amide bonds. The summed E-state index contributed by atoms with van der Waals surface area (Å²) in [5.74, 6) is 0. The van der Waals surface area contributed by atoms with Crippen molar-refractivity contribution >= 4 is 0 Å². The molecule has 1 aromatic rings. The van der Waals surface area contributed by atoms with E-state index in [0.29, 0.717) is 6.04 Å². The molecule has 2 atom stereocenters. The van der Waals surface area contributed by atoms with Crippen molar-refractivity contribution < 1.29 is 0 Å². The zero-order valence-electron chi connectivity index (χ0n) is 13.3. The van der Waals surface area contributed by atoms with Gasteiger partial charge in [-0.05, 0) is 45.0 Å². The zero-order chi connectivity index (χ0) is 14.5. The Labute approximate surface area is 129 Å². The minimum absolute atomic E-state index is 0.519. The van der Waals surface area contributed by atoms with Crippen LogP contribution in [0.15, 0.2) is 30.3 Å². The first-order valence-electron chi connectivity index (χ1n) is 8.56. The minimum atomic E-state index is 0.519. The Balaban J connectivity index is 1.64. The molecule has 0 radical (unpaired) electrons. The third kappa shape index (κ3) is 3.65. The molecule has 1 N–H and O–H groups in total. The summed E-state index contributed by atoms with van der Waals surface area (Å²) >= 11 is 0. The van der Waals surface area contributed by atoms with Crippen LogP contribution in [-0.2, 0) is 0 Å². The Morgan fingerprint density at radius 3 is 2.57 bits per heavy atom. The smallest absolute Gasteiger partial charge is 0.0473 e. The van der Waals surface area contributed by atoms with Crippen LogP contribution in [0, 0.1) is 0 Å². The van der Waals surface area contributed by atoms with Crippen LogP contribution in [0.25, 0.3) is 0 Å². The molecule has 3 rings (SSSR count). The van der Waals surface area contributed by atoms with Crippen molar-refractivity contribution in [3.05, 3.63) is 35.9 Å². The van der Waals surface area contributed by atoms with Gasteiger partial charge in [0.05, 0.1) is 0 Å². The molecule has 2 aliphatic rings. The quantitative estimate of drug-likeness (QED) is 0.898. The van der Waals surface area contributed by atoms with Gasteiger partial charge in [0.15, 0.2) is 0 Å². The van der Waals surface area contributed by atoms with Gasteiger partial charge in [-0.2, -0.15) is 0 Å². The average molecular weight is 287 g/mol. The van der Waals surface area contributed by atoms with Crippen LogP contribution < -0.4 is 5.32 Å². The van der Waals surface area contributed by atoms with E-state index in [0.717, 1.165) is 12.6 Å². The molecule has 3 heteroatoms. The van der Waals surface area contributed by atoms with E-state index < -0.39 is 0 Å². The fourth-order valence-electron chi connectivity index (χ4n) is 3.96. The molecular formula is C18H29N3. The molecule has 2 fully saturated rings. The molecule has 2 unspecified atom stereocenters. The summed E-state index contributed by atoms with van der Waals surface area (Å²) in [6, 6.07) is 12.3. The van der Waals surface area contributed by atoms with Gasteiger partial charge in [0, 0.05) is 31.7 Å². The molecule has 0 aliphatic carbocycles. The second kappa shape index (κ2) is 7.39. The Hall–Kier alpha value is -0.900. The summed E-state index contributed by atoms with van der Waals surface area (Å²) in [6.07, 6.45) is 5.57. The number of hydrogen-bond donors (Lipinski definition) is 1. The van der Waals surface area contributed by atoms with Crippen molar-refractivity contribution in [2.24, 2.45) is 0 Å². The average Bonchev–Trinajstić information content (AvgIpc) is 3.04. The van der Waals surface area contributed by atoms with Crippen molar-refractivity contribution in [2.45, 2.75) is 37.8 Å². The minimum Gasteiger partial charge on any atom is -0.318 e. The molecule has 2 heterocycles. The highest BCUT2D eigenvalue weighted by Gasteiger charge is 2.32. The van der Waals surface area contributed by atoms with Gasteiger partial charge in [0.1, 0.15) is 0 Å². The number of likely N-dealkylation sites (tertiary alicyclic amines) is 2. The van der Waals surface area contributed by atoms with E-state index in [2.05, 4.69) is 52.5 Å². The van der Waals surface area contributed by atoms with Gasteiger partial charge in [-0.15, -0.1) is 0 Å². The zero-order valence-corrected chi connectivity index (χ0v) is 13.3. The molecule has 21 heavy (non-hydrogen) atoms. The molecule has 0 aromatic heterocycles. The maximum Gasteiger partial charge on any atom is 0.0473 e. The molecular weight excluding hydrogens is 258 g/mol. The summed E-state index contributed by atoms with van der Waals surface area (Å²) in [7, 11) is 2.06. The highest BCUT2D eigenvalue weighted by molar-refractivity contribution is 5.20. The third-order valence-electron chi connectivity index (χ3n) is 5.12. The number of nitrogens with zero attached hydrogens (tertiary/aromatic N) is 2. The van der Waals surface area contributed by atoms with Crippen molar-refractivity contribution in [1.29, 1.82) is 0 Å². The summed E-state index contributed by atoms with van der Waals surface area (Å²) in [4.78, 5) is 5.43. The highest BCUT2D eigenvalue weighted by atomic mass is 15.3. The first kappa shape index (κ1) is 15.0. The number of rotatable bonds is 5. The summed E-state index contributed by atoms with van der Waals surface area (Å²) < 4.78 is 0. The molecule has 3 nitrogen and oxygen atoms in total. The third-order valence-corrected chi connectivity index (χ3v) is 5.12. The maximum absolute atomic E-state index is 3.38. The maximum atomic E-state index is 3.38. The van der Waals surface area contributed by atoms with E-state index in [9.17, 15) is 0 Å². The Morgan fingerprint density at radius 1 is 1.10 bits per heavy atom. The van der Waals surface area contributed by atoms with E-state index in [1.807, 2.05) is 0 Å². The van der Waals surface area contributed by atoms with Crippen molar-refractivity contribution in [3.63, 3.8) is 0 Å². The van der Waals surface area contributed by atoms with Gasteiger partial charge in [-0.3, -0.25) is 9.80 Å². The van der Waals surface area contributed by atoms with E-state index in [1.165, 1.54) is 57.4 Å². The van der Waals surface area contributed by atoms with Crippen LogP contribution in [-0.4, -0.2) is 55.6 Å². The van der Waals surface area contributed by atoms with Gasteiger partial charge in [-0.25, -0.2) is 0 Å². The Bertz CT molecular complexity index is 414. The fraction of sp³-hybridized carbons (Fsp3) is 0.667. The number of likely N-dealkylation sites (N-methyl/N-ethyl adjacent to an activating group) is 1. The second-order valence-corrected chi connectivity index (χ2v) is 6.52. The molecule has 0 bridgehead atoms. The molecule has 2 aliphatic heterocycles. The fourth-order valence-corrected chi connectivity index (χ4v) is 3.96. The summed E-state index contributed by atoms with van der Waals surface area (Å²) in [6.45, 7) is 6.15. The van der Waals surface area contributed by atoms with Crippen molar-refractivity contribution in [3.8, 4) is 0 Å². The normalized spacial score (nSPS) is 26.0. The topological polar surface area (TPSA) is 18.5 Å². The van der Waals surface area contributed by atoms with E-state index in [4.69, 9.17) is 0 Å². The van der Waals surface area contributed by atoms with Crippen LogP contribution in [0.3, 0.4) is 0 Å². The lowest BCUT2D eigenvalue weighted by molar-refractivity contribution is 0.151. The molecule has 0 saturated carbocycles. The van der Waals surface area contributed by atoms with E-state index in [-0.39, 0.29) is 0 Å². The molecule has 2 saturated heterocycles. The van der Waals surface area contributed by atoms with Gasteiger partial charge < -0.3 is 5.32 Å². The highest BCUT2D eigenvalue weighted by Crippen LogP contribution is 2.27. The summed E-state index contributed by atoms with van der Waals surface area (Å²) in [5, 5.41) is 3.38. The van der Waals surface area contributed by atoms with Crippen LogP contribution in [0.2, 0.25) is 0 Å². The lowest BCUT2D eigenvalue weighted by Crippen LogP contribution is -2.42. The lowest BCUT2D eigenvalue weighted by atomic mass is 10.1. The number of benzene rings is 1. The van der Waals surface area contributed by atoms with Gasteiger partial charge in [0.25, 0.3) is 0 Å². The predicted octanol–water partition coefficient (Wildman–Crippen LogP) is 2.51. The monoisotopic (exact) mass is 287 g/mol. The van der Waals surface area contributed by atoms with E-state index >= 15 is 0 Å². The SMILES string of the molecule is CNCC(c1ccccc1)N1CCC(N2CCCCC2)C1. The summed E-state index contributed by atoms with van der Waals surface area (Å²) in [5.41, 5.74) is 1.45. The van der Waals surface area contributed by atoms with Gasteiger partial charge in [-0.1, -0.05) is 36.8 Å². The number of piperidine rings is 1. The van der Waals surface area contributed by atoms with Crippen LogP contribution >= 0.6 is 0 Å². The van der Waals surface area contributed by atoms with Crippen LogP contribution in [0.5, 0.6) is 0 Å². The Kier molecular flexibility index (Phi) is 5.28. The Morgan fingerprint density at radius 2 is 1.86 bits per heavy atom. The van der Waals surface area contributed by atoms with Crippen molar-refractivity contribution in [1.82, 2.24) is 15.1 Å². The van der Waals surface area contributed by atoms with Crippen molar-refractivity contribution in [2.75, 3.05) is 39.8 Å². The lowest BCUT2D eigenvalue weighted by Gasteiger charge is -2.33.